The van der Waals surface area contributed by atoms with Crippen LogP contribution in [0, 0.1) is 20.8 Å². The first-order chi connectivity index (χ1) is 19.1. The van der Waals surface area contributed by atoms with E-state index in [1.54, 1.807) is 36.6 Å². The number of thiazole rings is 1. The van der Waals surface area contributed by atoms with Crippen LogP contribution in [0.4, 0.5) is 5.13 Å². The number of anilines is 1. The van der Waals surface area contributed by atoms with E-state index < -0.39 is 35.4 Å². The summed E-state index contributed by atoms with van der Waals surface area (Å²) in [4.78, 5) is 61.6. The normalized spacial score (nSPS) is 16.5. The van der Waals surface area contributed by atoms with Gasteiger partial charge in [0, 0.05) is 6.20 Å². The van der Waals surface area contributed by atoms with Crippen molar-refractivity contribution in [2.75, 3.05) is 19.1 Å². The maximum atomic E-state index is 13.6. The van der Waals surface area contributed by atoms with Gasteiger partial charge in [0.1, 0.15) is 16.2 Å². The molecule has 1 amide bonds. The number of methoxy groups -OCH3 is 2. The van der Waals surface area contributed by atoms with Crippen molar-refractivity contribution < 1.29 is 33.8 Å². The number of aliphatic hydroxyl groups excluding tert-OH is 1. The number of ketones is 1. The minimum atomic E-state index is -1.13. The number of fused-ring (bicyclic) bond motifs is 1. The first-order valence-corrected chi connectivity index (χ1v) is 12.9. The molecule has 1 aromatic carbocycles. The third-order valence-electron chi connectivity index (χ3n) is 6.76. The minimum absolute atomic E-state index is 0.0728. The van der Waals surface area contributed by atoms with E-state index in [4.69, 9.17) is 9.47 Å². The van der Waals surface area contributed by atoms with Crippen LogP contribution < -0.4 is 4.90 Å². The summed E-state index contributed by atoms with van der Waals surface area (Å²) in [7, 11) is 2.49. The Labute approximate surface area is 232 Å². The monoisotopic (exact) mass is 560 g/mol. The molecule has 1 N–H and O–H groups in total. The molecule has 0 spiro atoms. The Morgan fingerprint density at radius 3 is 2.27 bits per heavy atom. The summed E-state index contributed by atoms with van der Waals surface area (Å²) in [5.74, 6) is -3.53. The molecule has 1 aliphatic rings. The van der Waals surface area contributed by atoms with E-state index in [9.17, 15) is 24.3 Å². The molecule has 11 nitrogen and oxygen atoms in total. The van der Waals surface area contributed by atoms with Gasteiger partial charge in [0.2, 0.25) is 0 Å². The Kier molecular flexibility index (Phi) is 6.72. The van der Waals surface area contributed by atoms with Gasteiger partial charge in [0.25, 0.3) is 5.78 Å². The van der Waals surface area contributed by atoms with Crippen molar-refractivity contribution in [2.24, 2.45) is 0 Å². The number of hydrogen-bond donors (Lipinski definition) is 1. The van der Waals surface area contributed by atoms with Crippen LogP contribution in [-0.2, 0) is 19.1 Å². The predicted molar refractivity (Wildman–Crippen MR) is 145 cm³/mol. The van der Waals surface area contributed by atoms with Crippen molar-refractivity contribution in [3.8, 4) is 0 Å². The molecule has 3 aromatic heterocycles. The molecule has 1 atom stereocenters. The Morgan fingerprint density at radius 2 is 1.65 bits per heavy atom. The smallest absolute Gasteiger partial charge is 0.350 e. The van der Waals surface area contributed by atoms with Gasteiger partial charge in [0.15, 0.2) is 10.9 Å². The van der Waals surface area contributed by atoms with Crippen LogP contribution in [0.2, 0.25) is 0 Å². The topological polar surface area (TPSA) is 140 Å². The average Bonchev–Trinajstić information content (AvgIpc) is 3.59. The summed E-state index contributed by atoms with van der Waals surface area (Å²) in [6.07, 6.45) is 1.79. The van der Waals surface area contributed by atoms with Crippen molar-refractivity contribution in [1.82, 2.24) is 14.4 Å². The number of pyridine rings is 1. The number of nitrogens with zero attached hydrogens (tertiary/aromatic N) is 4. The minimum Gasteiger partial charge on any atom is -0.505 e. The molecule has 12 heteroatoms. The Balaban J connectivity index is 1.74. The summed E-state index contributed by atoms with van der Waals surface area (Å²) in [5, 5.41) is 11.7. The van der Waals surface area contributed by atoms with Crippen LogP contribution in [0.25, 0.3) is 11.4 Å². The molecule has 1 unspecified atom stereocenters. The number of imidazole rings is 1. The first-order valence-electron chi connectivity index (χ1n) is 12.1. The number of carbonyl (C=O) groups excluding carboxylic acids is 4. The number of aliphatic hydroxyl groups is 1. The van der Waals surface area contributed by atoms with E-state index in [0.29, 0.717) is 22.6 Å². The molecule has 40 heavy (non-hydrogen) atoms. The molecule has 0 radical (unpaired) electrons. The number of ether oxygens (including phenoxy) is 2. The zero-order valence-corrected chi connectivity index (χ0v) is 23.0. The third-order valence-corrected chi connectivity index (χ3v) is 7.90. The predicted octanol–water partition coefficient (Wildman–Crippen LogP) is 3.92. The Hall–Kier alpha value is -4.84. The SMILES string of the molecule is COC(=O)c1ccc(C2C(=C(O)c3nc4c(C)cccn4c3C)C(=O)C(=O)N2c2nc(C)c(C(=O)OC)s2)cc1. The molecule has 1 saturated heterocycles. The number of Topliss-reactive ketones (excluding diaryl/α,β-unsaturated/α-hetero) is 1. The van der Waals surface area contributed by atoms with Crippen LogP contribution >= 0.6 is 11.3 Å². The highest BCUT2D eigenvalue weighted by Gasteiger charge is 2.49. The van der Waals surface area contributed by atoms with Gasteiger partial charge in [-0.1, -0.05) is 29.5 Å². The van der Waals surface area contributed by atoms with Crippen molar-refractivity contribution in [2.45, 2.75) is 26.8 Å². The van der Waals surface area contributed by atoms with E-state index in [1.165, 1.54) is 26.4 Å². The summed E-state index contributed by atoms with van der Waals surface area (Å²) in [6, 6.07) is 8.69. The standard InChI is InChI=1S/C28H24N4O7S/c1-13-7-6-12-31-15(3)19(30-24(13)31)21(33)18-20(16-8-10-17(11-9-16)26(36)38-4)32(25(35)22(18)34)28-29-14(2)23(40-28)27(37)39-5/h6-12,20,33H,1-5H3. The quantitative estimate of drug-likeness (QED) is 0.166. The molecular weight excluding hydrogens is 536 g/mol. The number of carbonyl (C=O) groups is 4. The molecule has 4 heterocycles. The van der Waals surface area contributed by atoms with Crippen LogP contribution in [0.3, 0.4) is 0 Å². The fourth-order valence-electron chi connectivity index (χ4n) is 4.71. The number of aryl methyl sites for hydroxylation is 3. The van der Waals surface area contributed by atoms with E-state index in [2.05, 4.69) is 9.97 Å². The van der Waals surface area contributed by atoms with Crippen molar-refractivity contribution in [1.29, 1.82) is 0 Å². The molecule has 4 aromatic rings. The Morgan fingerprint density at radius 1 is 0.975 bits per heavy atom. The van der Waals surface area contributed by atoms with E-state index in [-0.39, 0.29) is 26.8 Å². The van der Waals surface area contributed by atoms with Crippen molar-refractivity contribution >= 4 is 51.5 Å². The lowest BCUT2D eigenvalue weighted by atomic mass is 9.95. The second kappa shape index (κ2) is 10.0. The van der Waals surface area contributed by atoms with Crippen LogP contribution in [-0.4, -0.2) is 57.3 Å². The number of rotatable bonds is 5. The highest BCUT2D eigenvalue weighted by Crippen LogP contribution is 2.44. The van der Waals surface area contributed by atoms with Crippen LogP contribution in [0.15, 0.2) is 48.2 Å². The highest BCUT2D eigenvalue weighted by atomic mass is 32.1. The second-order valence-corrected chi connectivity index (χ2v) is 10.1. The fraction of sp³-hybridized carbons (Fsp3) is 0.214. The first kappa shape index (κ1) is 26.8. The number of hydrogen-bond acceptors (Lipinski definition) is 10. The van der Waals surface area contributed by atoms with Gasteiger partial charge in [-0.15, -0.1) is 0 Å². The zero-order chi connectivity index (χ0) is 28.9. The Bertz CT molecular complexity index is 1750. The van der Waals surface area contributed by atoms with Gasteiger partial charge < -0.3 is 19.0 Å². The zero-order valence-electron chi connectivity index (χ0n) is 22.2. The highest BCUT2D eigenvalue weighted by molar-refractivity contribution is 7.17. The lowest BCUT2D eigenvalue weighted by Crippen LogP contribution is -2.29. The van der Waals surface area contributed by atoms with Gasteiger partial charge in [0.05, 0.1) is 42.8 Å². The molecule has 0 aliphatic carbocycles. The van der Waals surface area contributed by atoms with Crippen molar-refractivity contribution in [3.05, 3.63) is 86.8 Å². The van der Waals surface area contributed by atoms with E-state index in [0.717, 1.165) is 21.8 Å². The summed E-state index contributed by atoms with van der Waals surface area (Å²) in [6.45, 7) is 5.21. The van der Waals surface area contributed by atoms with Crippen LogP contribution in [0.1, 0.15) is 54.3 Å². The van der Waals surface area contributed by atoms with E-state index in [1.807, 2.05) is 19.1 Å². The van der Waals surface area contributed by atoms with Crippen molar-refractivity contribution in [3.63, 3.8) is 0 Å². The summed E-state index contributed by atoms with van der Waals surface area (Å²) in [5.41, 5.74) is 2.95. The third kappa shape index (κ3) is 4.13. The maximum Gasteiger partial charge on any atom is 0.350 e. The molecule has 0 saturated carbocycles. The number of aromatic nitrogens is 3. The van der Waals surface area contributed by atoms with Gasteiger partial charge in [-0.25, -0.2) is 19.6 Å². The largest absolute Gasteiger partial charge is 0.505 e. The molecule has 5 rings (SSSR count). The number of benzene rings is 1. The number of amides is 1. The molecule has 1 fully saturated rings. The fourth-order valence-corrected chi connectivity index (χ4v) is 5.72. The van der Waals surface area contributed by atoms with Gasteiger partial charge in [-0.05, 0) is 50.1 Å². The summed E-state index contributed by atoms with van der Waals surface area (Å²) >= 11 is 0.893. The van der Waals surface area contributed by atoms with Crippen LogP contribution in [0.5, 0.6) is 0 Å². The van der Waals surface area contributed by atoms with Gasteiger partial charge in [-0.2, -0.15) is 0 Å². The van der Waals surface area contributed by atoms with E-state index >= 15 is 0 Å². The molecule has 0 bridgehead atoms. The van der Waals surface area contributed by atoms with Gasteiger partial charge in [-0.3, -0.25) is 14.5 Å². The lowest BCUT2D eigenvalue weighted by molar-refractivity contribution is -0.132. The molecule has 1 aliphatic heterocycles. The molecular formula is C28H24N4O7S. The summed E-state index contributed by atoms with van der Waals surface area (Å²) < 4.78 is 11.4. The van der Waals surface area contributed by atoms with Gasteiger partial charge >= 0.3 is 17.8 Å². The maximum absolute atomic E-state index is 13.6. The number of esters is 2. The second-order valence-electron chi connectivity index (χ2n) is 9.12. The average molecular weight is 561 g/mol. The molecule has 204 valence electrons. The lowest BCUT2D eigenvalue weighted by Gasteiger charge is -2.23.